The predicted octanol–water partition coefficient (Wildman–Crippen LogP) is 4.78. The highest BCUT2D eigenvalue weighted by molar-refractivity contribution is 6.34. The lowest BCUT2D eigenvalue weighted by Crippen LogP contribution is -2.58. The Hall–Kier alpha value is -3.69. The van der Waals surface area contributed by atoms with E-state index in [1.165, 1.54) is 11.0 Å². The number of carboxylic acid groups (broad SMARTS) is 1. The van der Waals surface area contributed by atoms with Gasteiger partial charge in [-0.25, -0.2) is 19.2 Å². The van der Waals surface area contributed by atoms with E-state index >= 15 is 4.39 Å². The number of hydrogen-bond acceptors (Lipinski definition) is 6. The van der Waals surface area contributed by atoms with E-state index in [2.05, 4.69) is 9.88 Å². The molecule has 3 heterocycles. The van der Waals surface area contributed by atoms with Crippen LogP contribution in [0, 0.1) is 5.82 Å². The number of likely N-dealkylation sites (tertiary alicyclic amines) is 1. The van der Waals surface area contributed by atoms with Crippen molar-refractivity contribution in [2.24, 2.45) is 0 Å². The highest BCUT2D eigenvalue weighted by Gasteiger charge is 2.37. The van der Waals surface area contributed by atoms with E-state index in [9.17, 15) is 15.0 Å². The highest BCUT2D eigenvalue weighted by Crippen LogP contribution is 2.43. The number of fused-ring (bicyclic) bond motifs is 2. The van der Waals surface area contributed by atoms with Crippen molar-refractivity contribution in [3.63, 3.8) is 0 Å². The molecule has 2 aliphatic rings. The second-order valence-electron chi connectivity index (χ2n) is 9.97. The Balaban J connectivity index is 1.54. The van der Waals surface area contributed by atoms with Gasteiger partial charge >= 0.3 is 6.09 Å². The number of likely N-dealkylation sites (N-methyl/N-ethyl adjacent to an activating group) is 1. The SMILES string of the molecule is CN(C)C1CN(c2nc(C3CN(C(=O)O)C3)c3cc(Cl)c(-c4cc(O)cc5ccccc45)c(F)c3n2)C1. The molecule has 1 amide bonds. The third-order valence-corrected chi connectivity index (χ3v) is 7.73. The topological polar surface area (TPSA) is 93.0 Å². The first-order chi connectivity index (χ1) is 17.7. The van der Waals surface area contributed by atoms with Crippen LogP contribution < -0.4 is 4.90 Å². The third kappa shape index (κ3) is 3.89. The standard InChI is InChI=1S/C27H25ClFN5O3/c1-32(2)16-12-33(13-16)26-30-24(15-10-34(11-15)27(36)37)20-9-21(28)22(23(29)25(20)31-26)19-8-17(35)7-14-5-3-4-6-18(14)19/h3-9,15-16,35H,10-13H2,1-2H3,(H,36,37). The molecule has 3 aromatic carbocycles. The highest BCUT2D eigenvalue weighted by atomic mass is 35.5. The molecule has 37 heavy (non-hydrogen) atoms. The van der Waals surface area contributed by atoms with Crippen LogP contribution in [0.2, 0.25) is 5.02 Å². The number of nitrogens with zero attached hydrogens (tertiary/aromatic N) is 5. The largest absolute Gasteiger partial charge is 0.508 e. The summed E-state index contributed by atoms with van der Waals surface area (Å²) in [5.41, 5.74) is 1.36. The van der Waals surface area contributed by atoms with E-state index in [0.717, 1.165) is 10.8 Å². The fourth-order valence-electron chi connectivity index (χ4n) is 5.16. The quantitative estimate of drug-likeness (QED) is 0.399. The fraction of sp³-hybridized carbons (Fsp3) is 0.296. The van der Waals surface area contributed by atoms with Crippen LogP contribution in [-0.4, -0.2) is 82.4 Å². The Morgan fingerprint density at radius 2 is 1.81 bits per heavy atom. The number of hydrogen-bond donors (Lipinski definition) is 2. The first-order valence-electron chi connectivity index (χ1n) is 12.0. The van der Waals surface area contributed by atoms with Gasteiger partial charge in [0.1, 0.15) is 11.3 Å². The zero-order valence-corrected chi connectivity index (χ0v) is 21.1. The van der Waals surface area contributed by atoms with Crippen LogP contribution >= 0.6 is 11.6 Å². The van der Waals surface area contributed by atoms with Gasteiger partial charge in [-0.2, -0.15) is 0 Å². The third-order valence-electron chi connectivity index (χ3n) is 7.43. The summed E-state index contributed by atoms with van der Waals surface area (Å²) < 4.78 is 16.4. The molecule has 2 saturated heterocycles. The number of halogens is 2. The number of carbonyl (C=O) groups is 1. The molecule has 0 aliphatic carbocycles. The molecule has 190 valence electrons. The summed E-state index contributed by atoms with van der Waals surface area (Å²) in [5, 5.41) is 21.8. The van der Waals surface area contributed by atoms with E-state index < -0.39 is 11.9 Å². The lowest BCUT2D eigenvalue weighted by atomic mass is 9.91. The number of rotatable bonds is 4. The zero-order chi connectivity index (χ0) is 26.0. The van der Waals surface area contributed by atoms with Crippen molar-refractivity contribution >= 4 is 45.3 Å². The van der Waals surface area contributed by atoms with E-state index in [4.69, 9.17) is 16.6 Å². The number of phenolic OH excluding ortho intramolecular Hbond substituents is 1. The van der Waals surface area contributed by atoms with Crippen LogP contribution in [0.25, 0.3) is 32.8 Å². The van der Waals surface area contributed by atoms with Gasteiger partial charge in [0.05, 0.1) is 10.7 Å². The molecule has 0 bridgehead atoms. The molecule has 4 aromatic rings. The zero-order valence-electron chi connectivity index (χ0n) is 20.3. The van der Waals surface area contributed by atoms with E-state index in [1.54, 1.807) is 12.1 Å². The minimum absolute atomic E-state index is 0.00636. The predicted molar refractivity (Wildman–Crippen MR) is 141 cm³/mol. The maximum atomic E-state index is 16.4. The minimum Gasteiger partial charge on any atom is -0.508 e. The molecule has 0 spiro atoms. The molecule has 0 unspecified atom stereocenters. The molecule has 0 radical (unpaired) electrons. The lowest BCUT2D eigenvalue weighted by molar-refractivity contribution is 0.105. The van der Waals surface area contributed by atoms with Crippen molar-refractivity contribution in [2.75, 3.05) is 45.2 Å². The Kier molecular flexibility index (Phi) is 5.58. The van der Waals surface area contributed by atoms with Crippen molar-refractivity contribution in [1.29, 1.82) is 0 Å². The summed E-state index contributed by atoms with van der Waals surface area (Å²) in [7, 11) is 4.02. The number of benzene rings is 3. The molecule has 1 aromatic heterocycles. The van der Waals surface area contributed by atoms with Gasteiger partial charge in [-0.05, 0) is 48.6 Å². The maximum absolute atomic E-state index is 16.4. The van der Waals surface area contributed by atoms with Gasteiger partial charge in [0.15, 0.2) is 5.82 Å². The first-order valence-corrected chi connectivity index (χ1v) is 12.4. The van der Waals surface area contributed by atoms with Crippen molar-refractivity contribution in [1.82, 2.24) is 19.8 Å². The molecular weight excluding hydrogens is 497 g/mol. The number of aromatic nitrogens is 2. The summed E-state index contributed by atoms with van der Waals surface area (Å²) in [5.74, 6) is -0.356. The van der Waals surface area contributed by atoms with Gasteiger partial charge in [-0.15, -0.1) is 0 Å². The van der Waals surface area contributed by atoms with Gasteiger partial charge in [-0.1, -0.05) is 35.9 Å². The van der Waals surface area contributed by atoms with Crippen LogP contribution in [0.1, 0.15) is 11.6 Å². The van der Waals surface area contributed by atoms with Gasteiger partial charge in [-0.3, -0.25) is 0 Å². The lowest BCUT2D eigenvalue weighted by Gasteiger charge is -2.43. The number of amides is 1. The molecule has 10 heteroatoms. The van der Waals surface area contributed by atoms with Gasteiger partial charge < -0.3 is 24.9 Å². The molecule has 0 atom stereocenters. The fourth-order valence-corrected chi connectivity index (χ4v) is 5.45. The van der Waals surface area contributed by atoms with E-state index in [-0.39, 0.29) is 40.9 Å². The Bertz CT molecular complexity index is 1570. The van der Waals surface area contributed by atoms with Crippen molar-refractivity contribution in [2.45, 2.75) is 12.0 Å². The normalized spacial score (nSPS) is 16.5. The molecular formula is C27H25ClFN5O3. The Labute approximate surface area is 217 Å². The molecule has 8 nitrogen and oxygen atoms in total. The van der Waals surface area contributed by atoms with E-state index in [0.29, 0.717) is 41.7 Å². The Morgan fingerprint density at radius 3 is 2.51 bits per heavy atom. The summed E-state index contributed by atoms with van der Waals surface area (Å²) in [4.78, 5) is 26.2. The van der Waals surface area contributed by atoms with Crippen LogP contribution in [0.3, 0.4) is 0 Å². The second-order valence-corrected chi connectivity index (χ2v) is 10.4. The molecule has 2 N–H and O–H groups in total. The first kappa shape index (κ1) is 23.7. The summed E-state index contributed by atoms with van der Waals surface area (Å²) in [6, 6.07) is 12.5. The Morgan fingerprint density at radius 1 is 1.08 bits per heavy atom. The van der Waals surface area contributed by atoms with Gasteiger partial charge in [0.2, 0.25) is 5.95 Å². The van der Waals surface area contributed by atoms with Crippen LogP contribution in [0.15, 0.2) is 42.5 Å². The monoisotopic (exact) mass is 521 g/mol. The van der Waals surface area contributed by atoms with Crippen molar-refractivity contribution in [3.05, 3.63) is 59.0 Å². The maximum Gasteiger partial charge on any atom is 0.407 e. The van der Waals surface area contributed by atoms with Gasteiger partial charge in [0.25, 0.3) is 0 Å². The second kappa shape index (κ2) is 8.71. The molecule has 2 fully saturated rings. The van der Waals surface area contributed by atoms with Crippen LogP contribution in [0.5, 0.6) is 5.75 Å². The molecule has 6 rings (SSSR count). The smallest absolute Gasteiger partial charge is 0.407 e. The summed E-state index contributed by atoms with van der Waals surface area (Å²) >= 11 is 6.71. The van der Waals surface area contributed by atoms with E-state index in [1.807, 2.05) is 43.3 Å². The van der Waals surface area contributed by atoms with Crippen molar-refractivity contribution < 1.29 is 19.4 Å². The average Bonchev–Trinajstić information content (AvgIpc) is 2.77. The average molecular weight is 522 g/mol. The molecule has 2 aliphatic heterocycles. The number of phenols is 1. The summed E-state index contributed by atoms with van der Waals surface area (Å²) in [6.07, 6.45) is -0.992. The summed E-state index contributed by atoms with van der Waals surface area (Å²) in [6.45, 7) is 1.98. The number of anilines is 1. The van der Waals surface area contributed by atoms with Crippen LogP contribution in [0.4, 0.5) is 15.1 Å². The minimum atomic E-state index is -0.992. The molecule has 0 saturated carbocycles. The number of aromatic hydroxyl groups is 1. The van der Waals surface area contributed by atoms with Crippen LogP contribution in [-0.2, 0) is 0 Å². The van der Waals surface area contributed by atoms with Gasteiger partial charge in [0, 0.05) is 49.1 Å². The van der Waals surface area contributed by atoms with Crippen molar-refractivity contribution in [3.8, 4) is 16.9 Å².